The highest BCUT2D eigenvalue weighted by molar-refractivity contribution is 7.90. The van der Waals surface area contributed by atoms with Crippen LogP contribution in [0.1, 0.15) is 59.9 Å². The van der Waals surface area contributed by atoms with Crippen LogP contribution < -0.4 is 4.90 Å². The Morgan fingerprint density at radius 3 is 2.07 bits per heavy atom. The summed E-state index contributed by atoms with van der Waals surface area (Å²) in [4.78, 5) is 29.2. The van der Waals surface area contributed by atoms with E-state index in [2.05, 4.69) is 51.0 Å². The van der Waals surface area contributed by atoms with Crippen LogP contribution in [0.4, 0.5) is 5.69 Å². The van der Waals surface area contributed by atoms with E-state index >= 15 is 0 Å². The Kier molecular flexibility index (Phi) is 8.47. The summed E-state index contributed by atoms with van der Waals surface area (Å²) in [5, 5.41) is 0. The highest BCUT2D eigenvalue weighted by atomic mass is 32.2. The van der Waals surface area contributed by atoms with Crippen LogP contribution in [-0.4, -0.2) is 78.1 Å². The van der Waals surface area contributed by atoms with E-state index in [1.807, 2.05) is 36.9 Å². The van der Waals surface area contributed by atoms with Gasteiger partial charge in [0.15, 0.2) is 9.84 Å². The van der Waals surface area contributed by atoms with Crippen molar-refractivity contribution in [3.8, 4) is 0 Å². The zero-order valence-electron chi connectivity index (χ0n) is 24.6. The normalized spacial score (nSPS) is 18.3. The minimum atomic E-state index is -3.24. The predicted octanol–water partition coefficient (Wildman–Crippen LogP) is 4.66. The highest BCUT2D eigenvalue weighted by Crippen LogP contribution is 2.34. The summed E-state index contributed by atoms with van der Waals surface area (Å²) in [5.41, 5.74) is 4.46. The molecule has 2 aliphatic heterocycles. The molecule has 1 amide bonds. The standard InChI is InChI=1S/C32H41N5O3S/c1-24-30(25(2)34-23-33-24)31(38)35-20-16-32(3,17-21-35)36-18-14-28(15-19-36)37(22-26-8-6-5-7-9-26)27-10-12-29(13-11-27)41(4,39)40/h5-13,23,28H,14-22H2,1-4H3. The summed E-state index contributed by atoms with van der Waals surface area (Å²) in [6.07, 6.45) is 6.70. The lowest BCUT2D eigenvalue weighted by atomic mass is 9.85. The highest BCUT2D eigenvalue weighted by Gasteiger charge is 2.39. The number of hydrogen-bond acceptors (Lipinski definition) is 7. The molecule has 0 aliphatic carbocycles. The van der Waals surface area contributed by atoms with Crippen molar-refractivity contribution in [1.82, 2.24) is 19.8 Å². The Labute approximate surface area is 244 Å². The van der Waals surface area contributed by atoms with Crippen LogP contribution in [0, 0.1) is 13.8 Å². The first-order valence-electron chi connectivity index (χ1n) is 14.5. The second kappa shape index (κ2) is 11.9. The Bertz CT molecular complexity index is 1440. The van der Waals surface area contributed by atoms with Gasteiger partial charge in [-0.3, -0.25) is 9.69 Å². The fraction of sp³-hybridized carbons (Fsp3) is 0.469. The molecule has 0 saturated carbocycles. The molecule has 0 bridgehead atoms. The van der Waals surface area contributed by atoms with Crippen molar-refractivity contribution in [1.29, 1.82) is 0 Å². The second-order valence-corrected chi connectivity index (χ2v) is 13.8. The Balaban J connectivity index is 1.25. The zero-order chi connectivity index (χ0) is 29.2. The van der Waals surface area contributed by atoms with Crippen molar-refractivity contribution in [2.24, 2.45) is 0 Å². The van der Waals surface area contributed by atoms with E-state index in [-0.39, 0.29) is 11.4 Å². The van der Waals surface area contributed by atoms with E-state index in [0.717, 1.165) is 75.5 Å². The van der Waals surface area contributed by atoms with Crippen molar-refractivity contribution in [2.45, 2.75) is 69.5 Å². The number of rotatable bonds is 7. The van der Waals surface area contributed by atoms with Crippen LogP contribution in [0.3, 0.4) is 0 Å². The van der Waals surface area contributed by atoms with Crippen LogP contribution >= 0.6 is 0 Å². The molecule has 3 heterocycles. The molecule has 0 atom stereocenters. The van der Waals surface area contributed by atoms with Crippen molar-refractivity contribution in [3.05, 3.63) is 83.4 Å². The van der Waals surface area contributed by atoms with E-state index in [1.54, 1.807) is 12.1 Å². The third-order valence-electron chi connectivity index (χ3n) is 9.03. The predicted molar refractivity (Wildman–Crippen MR) is 162 cm³/mol. The summed E-state index contributed by atoms with van der Waals surface area (Å²) in [5.74, 6) is 0.0415. The van der Waals surface area contributed by atoms with E-state index in [0.29, 0.717) is 16.5 Å². The molecule has 8 nitrogen and oxygen atoms in total. The molecule has 3 aromatic rings. The van der Waals surface area contributed by atoms with Crippen molar-refractivity contribution < 1.29 is 13.2 Å². The quantitative estimate of drug-likeness (QED) is 0.405. The van der Waals surface area contributed by atoms with Gasteiger partial charge in [-0.05, 0) is 76.3 Å². The fourth-order valence-electron chi connectivity index (χ4n) is 6.38. The van der Waals surface area contributed by atoms with Gasteiger partial charge in [0.2, 0.25) is 0 Å². The fourth-order valence-corrected chi connectivity index (χ4v) is 7.01. The summed E-state index contributed by atoms with van der Waals surface area (Å²) >= 11 is 0. The molecule has 2 aliphatic rings. The molecule has 2 aromatic carbocycles. The van der Waals surface area contributed by atoms with Crippen molar-refractivity contribution >= 4 is 21.4 Å². The van der Waals surface area contributed by atoms with Gasteiger partial charge in [0.25, 0.3) is 5.91 Å². The van der Waals surface area contributed by atoms with Gasteiger partial charge in [-0.15, -0.1) is 0 Å². The first-order chi connectivity index (χ1) is 19.5. The maximum atomic E-state index is 13.3. The third kappa shape index (κ3) is 6.46. The van der Waals surface area contributed by atoms with E-state index < -0.39 is 9.84 Å². The average molecular weight is 576 g/mol. The molecule has 41 heavy (non-hydrogen) atoms. The van der Waals surface area contributed by atoms with Gasteiger partial charge < -0.3 is 9.80 Å². The maximum Gasteiger partial charge on any atom is 0.257 e. The van der Waals surface area contributed by atoms with Gasteiger partial charge in [-0.1, -0.05) is 30.3 Å². The van der Waals surface area contributed by atoms with Crippen LogP contribution in [0.2, 0.25) is 0 Å². The Morgan fingerprint density at radius 2 is 1.51 bits per heavy atom. The molecule has 0 spiro atoms. The molecule has 0 N–H and O–H groups in total. The van der Waals surface area contributed by atoms with Crippen LogP contribution in [0.5, 0.6) is 0 Å². The van der Waals surface area contributed by atoms with E-state index in [9.17, 15) is 13.2 Å². The van der Waals surface area contributed by atoms with Crippen LogP contribution in [0.15, 0.2) is 65.8 Å². The first-order valence-corrected chi connectivity index (χ1v) is 16.4. The number of likely N-dealkylation sites (tertiary alicyclic amines) is 2. The monoisotopic (exact) mass is 575 g/mol. The number of benzene rings is 2. The third-order valence-corrected chi connectivity index (χ3v) is 10.2. The van der Waals surface area contributed by atoms with E-state index in [4.69, 9.17) is 0 Å². The van der Waals surface area contributed by atoms with Gasteiger partial charge in [-0.2, -0.15) is 0 Å². The molecule has 9 heteroatoms. The smallest absolute Gasteiger partial charge is 0.257 e. The number of carbonyl (C=O) groups excluding carboxylic acids is 1. The molecule has 2 saturated heterocycles. The van der Waals surface area contributed by atoms with E-state index in [1.165, 1.54) is 18.1 Å². The van der Waals surface area contributed by atoms with Crippen molar-refractivity contribution in [3.63, 3.8) is 0 Å². The number of hydrogen-bond donors (Lipinski definition) is 0. The number of anilines is 1. The second-order valence-electron chi connectivity index (χ2n) is 11.8. The summed E-state index contributed by atoms with van der Waals surface area (Å²) in [6.45, 7) is 10.3. The summed E-state index contributed by atoms with van der Waals surface area (Å²) < 4.78 is 24.1. The van der Waals surface area contributed by atoms with Crippen LogP contribution in [0.25, 0.3) is 0 Å². The minimum Gasteiger partial charge on any atom is -0.364 e. The Hall–Kier alpha value is -3.30. The largest absolute Gasteiger partial charge is 0.364 e. The number of aryl methyl sites for hydroxylation is 2. The van der Waals surface area contributed by atoms with Gasteiger partial charge in [0.1, 0.15) is 6.33 Å². The number of piperidine rings is 2. The molecule has 0 radical (unpaired) electrons. The van der Waals surface area contributed by atoms with Gasteiger partial charge in [0, 0.05) is 56.2 Å². The number of aromatic nitrogens is 2. The number of sulfone groups is 1. The topological polar surface area (TPSA) is 86.7 Å². The lowest BCUT2D eigenvalue weighted by molar-refractivity contribution is 0.0170. The molecular formula is C32H41N5O3S. The SMILES string of the molecule is Cc1ncnc(C)c1C(=O)N1CCC(C)(N2CCC(N(Cc3ccccc3)c3ccc(S(C)(=O)=O)cc3)CC2)CC1. The van der Waals surface area contributed by atoms with Crippen molar-refractivity contribution in [2.75, 3.05) is 37.3 Å². The Morgan fingerprint density at radius 1 is 0.927 bits per heavy atom. The summed E-state index contributed by atoms with van der Waals surface area (Å²) in [7, 11) is -3.24. The van der Waals surface area contributed by atoms with Gasteiger partial charge in [0.05, 0.1) is 21.8 Å². The number of carbonyl (C=O) groups is 1. The number of nitrogens with zero attached hydrogens (tertiary/aromatic N) is 5. The molecule has 2 fully saturated rings. The molecule has 218 valence electrons. The lowest BCUT2D eigenvalue weighted by Gasteiger charge is -2.50. The molecule has 1 aromatic heterocycles. The molecule has 5 rings (SSSR count). The van der Waals surface area contributed by atoms with Gasteiger partial charge in [-0.25, -0.2) is 18.4 Å². The van der Waals surface area contributed by atoms with Crippen LogP contribution in [-0.2, 0) is 16.4 Å². The summed E-state index contributed by atoms with van der Waals surface area (Å²) in [6, 6.07) is 18.1. The lowest BCUT2D eigenvalue weighted by Crippen LogP contribution is -2.58. The molecule has 0 unspecified atom stereocenters. The first kappa shape index (κ1) is 29.2. The molecular weight excluding hydrogens is 534 g/mol. The van der Waals surface area contributed by atoms with Gasteiger partial charge >= 0.3 is 0 Å². The average Bonchev–Trinajstić information content (AvgIpc) is 2.96. The number of amides is 1. The minimum absolute atomic E-state index is 0.0415. The maximum absolute atomic E-state index is 13.3. The zero-order valence-corrected chi connectivity index (χ0v) is 25.4.